The first-order valence-electron chi connectivity index (χ1n) is 4.01. The topological polar surface area (TPSA) is 56.8 Å². The van der Waals surface area contributed by atoms with Gasteiger partial charge >= 0.3 is 0 Å². The molecular weight excluding hydrogens is 174 g/mol. The Morgan fingerprint density at radius 3 is 2.38 bits per heavy atom. The normalized spacial score (nSPS) is 11.4. The van der Waals surface area contributed by atoms with Crippen LogP contribution in [0.15, 0.2) is 0 Å². The molecule has 78 valence electrons. The van der Waals surface area contributed by atoms with Crippen molar-refractivity contribution in [3.8, 4) is 0 Å². The summed E-state index contributed by atoms with van der Waals surface area (Å²) in [6.07, 6.45) is 0. The van der Waals surface area contributed by atoms with Gasteiger partial charge in [0.25, 0.3) is 5.91 Å². The van der Waals surface area contributed by atoms with Gasteiger partial charge in [0.15, 0.2) is 0 Å². The number of nitrogens with one attached hydrogen (secondary N) is 1. The van der Waals surface area contributed by atoms with Crippen molar-refractivity contribution < 1.29 is 19.1 Å². The summed E-state index contributed by atoms with van der Waals surface area (Å²) < 4.78 is 9.66. The van der Waals surface area contributed by atoms with Crippen LogP contribution >= 0.6 is 0 Å². The predicted octanol–water partition coefficient (Wildman–Crippen LogP) is 0.106. The van der Waals surface area contributed by atoms with Crippen LogP contribution in [0, 0.1) is 0 Å². The van der Waals surface area contributed by atoms with E-state index in [1.165, 1.54) is 7.11 Å². The van der Waals surface area contributed by atoms with E-state index < -0.39 is 5.60 Å². The number of carbonyl (C=O) groups excluding carboxylic acids is 1. The van der Waals surface area contributed by atoms with E-state index in [9.17, 15) is 4.79 Å². The summed E-state index contributed by atoms with van der Waals surface area (Å²) in [5, 5.41) is 0. The Bertz CT molecular complexity index is 158. The highest BCUT2D eigenvalue weighted by Gasteiger charge is 2.26. The molecule has 0 unspecified atom stereocenters. The van der Waals surface area contributed by atoms with Crippen LogP contribution in [-0.4, -0.2) is 38.9 Å². The van der Waals surface area contributed by atoms with Gasteiger partial charge in [0.05, 0.1) is 13.2 Å². The van der Waals surface area contributed by atoms with E-state index in [0.29, 0.717) is 13.2 Å². The molecule has 0 rings (SSSR count). The van der Waals surface area contributed by atoms with Crippen LogP contribution in [0.25, 0.3) is 0 Å². The molecule has 5 nitrogen and oxygen atoms in total. The third-order valence-corrected chi connectivity index (χ3v) is 1.61. The van der Waals surface area contributed by atoms with Gasteiger partial charge in [0, 0.05) is 14.2 Å². The van der Waals surface area contributed by atoms with Gasteiger partial charge in [-0.3, -0.25) is 9.63 Å². The lowest BCUT2D eigenvalue weighted by Gasteiger charge is -2.20. The molecule has 0 aliphatic carbocycles. The summed E-state index contributed by atoms with van der Waals surface area (Å²) in [5.41, 5.74) is 1.40. The highest BCUT2D eigenvalue weighted by atomic mass is 16.7. The molecule has 1 N–H and O–H groups in total. The van der Waals surface area contributed by atoms with Gasteiger partial charge in [-0.2, -0.15) is 0 Å². The summed E-state index contributed by atoms with van der Waals surface area (Å²) in [6, 6.07) is 0. The molecular formula is C8H17NO4. The maximum Gasteiger partial charge on any atom is 0.275 e. The second kappa shape index (κ2) is 5.90. The molecule has 0 saturated carbocycles. The number of hydroxylamine groups is 1. The van der Waals surface area contributed by atoms with Gasteiger partial charge in [-0.15, -0.1) is 0 Å². The zero-order chi connectivity index (χ0) is 10.3. The molecule has 0 saturated heterocycles. The lowest BCUT2D eigenvalue weighted by atomic mass is 10.1. The van der Waals surface area contributed by atoms with Gasteiger partial charge < -0.3 is 9.47 Å². The minimum absolute atomic E-state index is 0.314. The van der Waals surface area contributed by atoms with E-state index in [1.54, 1.807) is 21.0 Å². The average Bonchev–Trinajstić information content (AvgIpc) is 2.12. The van der Waals surface area contributed by atoms with Crippen molar-refractivity contribution in [2.24, 2.45) is 0 Å². The minimum atomic E-state index is -0.868. The standard InChI is InChI=1S/C8H17NO4/c1-8(2,12-4)7(10)9-13-6-5-11-3/h5-6H2,1-4H3,(H,9,10). The average molecular weight is 191 g/mol. The molecule has 0 heterocycles. The molecule has 5 heteroatoms. The number of methoxy groups -OCH3 is 2. The van der Waals surface area contributed by atoms with Gasteiger partial charge in [0.1, 0.15) is 5.60 Å². The Kier molecular flexibility index (Phi) is 5.61. The Labute approximate surface area is 78.3 Å². The van der Waals surface area contributed by atoms with Crippen molar-refractivity contribution in [2.75, 3.05) is 27.4 Å². The largest absolute Gasteiger partial charge is 0.382 e. The molecule has 0 fully saturated rings. The SMILES string of the molecule is COCCONC(=O)C(C)(C)OC. The highest BCUT2D eigenvalue weighted by Crippen LogP contribution is 2.06. The monoisotopic (exact) mass is 191 g/mol. The summed E-state index contributed by atoms with van der Waals surface area (Å²) >= 11 is 0. The lowest BCUT2D eigenvalue weighted by molar-refractivity contribution is -0.153. The Balaban J connectivity index is 3.62. The molecule has 0 aromatic carbocycles. The predicted molar refractivity (Wildman–Crippen MR) is 47.1 cm³/mol. The van der Waals surface area contributed by atoms with Crippen LogP contribution in [0.5, 0.6) is 0 Å². The van der Waals surface area contributed by atoms with Crippen molar-refractivity contribution in [1.29, 1.82) is 0 Å². The molecule has 13 heavy (non-hydrogen) atoms. The number of ether oxygens (including phenoxy) is 2. The van der Waals surface area contributed by atoms with Crippen molar-refractivity contribution in [3.05, 3.63) is 0 Å². The number of hydrogen-bond donors (Lipinski definition) is 1. The first-order chi connectivity index (χ1) is 6.04. The summed E-state index contributed by atoms with van der Waals surface area (Å²) in [4.78, 5) is 16.1. The smallest absolute Gasteiger partial charge is 0.275 e. The molecule has 0 aliphatic rings. The van der Waals surface area contributed by atoms with Crippen molar-refractivity contribution in [1.82, 2.24) is 5.48 Å². The van der Waals surface area contributed by atoms with Crippen LogP contribution < -0.4 is 5.48 Å². The lowest BCUT2D eigenvalue weighted by Crippen LogP contribution is -2.43. The molecule has 0 aromatic rings. The van der Waals surface area contributed by atoms with E-state index in [2.05, 4.69) is 5.48 Å². The van der Waals surface area contributed by atoms with Gasteiger partial charge in [-0.05, 0) is 13.8 Å². The zero-order valence-corrected chi connectivity index (χ0v) is 8.55. The summed E-state index contributed by atoms with van der Waals surface area (Å²) in [5.74, 6) is -0.314. The highest BCUT2D eigenvalue weighted by molar-refractivity contribution is 5.83. The Morgan fingerprint density at radius 2 is 1.92 bits per heavy atom. The molecule has 0 radical (unpaired) electrons. The summed E-state index contributed by atoms with van der Waals surface area (Å²) in [7, 11) is 3.03. The molecule has 0 spiro atoms. The third kappa shape index (κ3) is 4.82. The van der Waals surface area contributed by atoms with E-state index >= 15 is 0 Å². The fourth-order valence-corrected chi connectivity index (χ4v) is 0.457. The maximum absolute atomic E-state index is 11.3. The van der Waals surface area contributed by atoms with E-state index in [-0.39, 0.29) is 5.91 Å². The van der Waals surface area contributed by atoms with Crippen LogP contribution in [0.3, 0.4) is 0 Å². The van der Waals surface area contributed by atoms with Crippen molar-refractivity contribution in [3.63, 3.8) is 0 Å². The molecule has 0 atom stereocenters. The number of hydrogen-bond acceptors (Lipinski definition) is 4. The van der Waals surface area contributed by atoms with E-state index in [0.717, 1.165) is 0 Å². The first-order valence-corrected chi connectivity index (χ1v) is 4.01. The van der Waals surface area contributed by atoms with Gasteiger partial charge in [-0.1, -0.05) is 0 Å². The third-order valence-electron chi connectivity index (χ3n) is 1.61. The van der Waals surface area contributed by atoms with Crippen LogP contribution in [-0.2, 0) is 19.1 Å². The molecule has 0 aliphatic heterocycles. The Hall–Kier alpha value is -0.650. The number of amides is 1. The van der Waals surface area contributed by atoms with E-state index in [4.69, 9.17) is 14.3 Å². The van der Waals surface area contributed by atoms with Gasteiger partial charge in [0.2, 0.25) is 0 Å². The number of carbonyl (C=O) groups is 1. The fraction of sp³-hybridized carbons (Fsp3) is 0.875. The quantitative estimate of drug-likeness (QED) is 0.478. The second-order valence-electron chi connectivity index (χ2n) is 2.99. The van der Waals surface area contributed by atoms with Crippen LogP contribution in [0.2, 0.25) is 0 Å². The van der Waals surface area contributed by atoms with Crippen LogP contribution in [0.4, 0.5) is 0 Å². The fourth-order valence-electron chi connectivity index (χ4n) is 0.457. The Morgan fingerprint density at radius 1 is 1.31 bits per heavy atom. The van der Waals surface area contributed by atoms with Crippen molar-refractivity contribution in [2.45, 2.75) is 19.4 Å². The molecule has 0 bridgehead atoms. The van der Waals surface area contributed by atoms with Gasteiger partial charge in [-0.25, -0.2) is 5.48 Å². The van der Waals surface area contributed by atoms with Crippen LogP contribution in [0.1, 0.15) is 13.8 Å². The maximum atomic E-state index is 11.3. The second-order valence-corrected chi connectivity index (χ2v) is 2.99. The summed E-state index contributed by atoms with van der Waals surface area (Å²) in [6.45, 7) is 4.07. The minimum Gasteiger partial charge on any atom is -0.382 e. The van der Waals surface area contributed by atoms with E-state index in [1.807, 2.05) is 0 Å². The first kappa shape index (κ1) is 12.3. The molecule has 1 amide bonds. The molecule has 0 aromatic heterocycles. The number of rotatable bonds is 6. The zero-order valence-electron chi connectivity index (χ0n) is 8.55. The van der Waals surface area contributed by atoms with Crippen molar-refractivity contribution >= 4 is 5.91 Å².